The Morgan fingerprint density at radius 3 is 2.45 bits per heavy atom. The summed E-state index contributed by atoms with van der Waals surface area (Å²) in [5, 5.41) is 3.26. The molecule has 1 atom stereocenters. The van der Waals surface area contributed by atoms with Gasteiger partial charge in [0, 0.05) is 13.1 Å². The molecule has 0 aromatic carbocycles. The third-order valence-corrected chi connectivity index (χ3v) is 4.17. The van der Waals surface area contributed by atoms with Gasteiger partial charge in [0.25, 0.3) is 0 Å². The highest BCUT2D eigenvalue weighted by Crippen LogP contribution is 2.26. The van der Waals surface area contributed by atoms with Crippen molar-refractivity contribution in [3.63, 3.8) is 0 Å². The molecule has 0 radical (unpaired) electrons. The molecule has 1 saturated heterocycles. The predicted octanol–water partition coefficient (Wildman–Crippen LogP) is 0.455. The molecule has 2 rings (SSSR count). The Balaban J connectivity index is 1.79. The monoisotopic (exact) mass is 282 g/mol. The molecule has 2 amide bonds. The number of imide groups is 1. The van der Waals surface area contributed by atoms with E-state index in [2.05, 4.69) is 5.32 Å². The van der Waals surface area contributed by atoms with Crippen molar-refractivity contribution in [3.8, 4) is 0 Å². The first kappa shape index (κ1) is 15.0. The van der Waals surface area contributed by atoms with E-state index in [1.165, 1.54) is 11.9 Å². The molecule has 1 heterocycles. The van der Waals surface area contributed by atoms with Crippen molar-refractivity contribution in [2.75, 3.05) is 13.7 Å². The smallest absolute Gasteiger partial charge is 0.308 e. The highest BCUT2D eigenvalue weighted by molar-refractivity contribution is 6.05. The van der Waals surface area contributed by atoms with Crippen LogP contribution < -0.4 is 5.32 Å². The summed E-state index contributed by atoms with van der Waals surface area (Å²) in [4.78, 5) is 36.1. The molecular weight excluding hydrogens is 260 g/mol. The molecule has 0 aromatic heterocycles. The van der Waals surface area contributed by atoms with Crippen LogP contribution in [0.4, 0.5) is 0 Å². The van der Waals surface area contributed by atoms with Crippen LogP contribution in [0.1, 0.15) is 39.0 Å². The standard InChI is InChI=1S/C14H22N2O4/c1-3-20-14(19)9-4-6-10(7-5-9)15-11-8-12(17)16(2)13(11)18/h9-11,15H,3-8H2,1-2H3. The molecule has 112 valence electrons. The minimum absolute atomic E-state index is 0.0171. The van der Waals surface area contributed by atoms with Gasteiger partial charge in [0.05, 0.1) is 25.0 Å². The van der Waals surface area contributed by atoms with E-state index in [1.54, 1.807) is 0 Å². The van der Waals surface area contributed by atoms with Crippen LogP contribution in [0, 0.1) is 5.92 Å². The Bertz CT molecular complexity index is 402. The Morgan fingerprint density at radius 1 is 1.30 bits per heavy atom. The molecule has 6 nitrogen and oxygen atoms in total. The first-order chi connectivity index (χ1) is 9.52. The summed E-state index contributed by atoms with van der Waals surface area (Å²) in [6.07, 6.45) is 3.48. The summed E-state index contributed by atoms with van der Waals surface area (Å²) in [6.45, 7) is 2.23. The quantitative estimate of drug-likeness (QED) is 0.598. The molecule has 0 bridgehead atoms. The summed E-state index contributed by atoms with van der Waals surface area (Å²) in [5.74, 6) is -0.412. The maximum atomic E-state index is 11.8. The second kappa shape index (κ2) is 6.35. The number of hydrogen-bond donors (Lipinski definition) is 1. The average Bonchev–Trinajstić information content (AvgIpc) is 2.67. The van der Waals surface area contributed by atoms with Gasteiger partial charge in [-0.3, -0.25) is 19.3 Å². The zero-order valence-electron chi connectivity index (χ0n) is 12.1. The Morgan fingerprint density at radius 2 is 1.95 bits per heavy atom. The van der Waals surface area contributed by atoms with E-state index in [0.29, 0.717) is 6.61 Å². The van der Waals surface area contributed by atoms with Gasteiger partial charge in [-0.1, -0.05) is 0 Å². The highest BCUT2D eigenvalue weighted by atomic mass is 16.5. The largest absolute Gasteiger partial charge is 0.466 e. The SMILES string of the molecule is CCOC(=O)C1CCC(NC2CC(=O)N(C)C2=O)CC1. The van der Waals surface area contributed by atoms with E-state index in [0.717, 1.165) is 25.7 Å². The molecule has 1 aliphatic carbocycles. The van der Waals surface area contributed by atoms with Crippen molar-refractivity contribution >= 4 is 17.8 Å². The number of carbonyl (C=O) groups excluding carboxylic acids is 3. The normalized spacial score (nSPS) is 30.7. The molecule has 6 heteroatoms. The van der Waals surface area contributed by atoms with Crippen LogP contribution in [0.15, 0.2) is 0 Å². The number of amides is 2. The van der Waals surface area contributed by atoms with Crippen LogP contribution in [0.5, 0.6) is 0 Å². The number of esters is 1. The fraction of sp³-hybridized carbons (Fsp3) is 0.786. The van der Waals surface area contributed by atoms with Crippen LogP contribution in [0.25, 0.3) is 0 Å². The molecule has 1 saturated carbocycles. The lowest BCUT2D eigenvalue weighted by Crippen LogP contribution is -2.45. The fourth-order valence-electron chi connectivity index (χ4n) is 2.93. The number of likely N-dealkylation sites (N-methyl/N-ethyl adjacent to an activating group) is 1. The van der Waals surface area contributed by atoms with Crippen LogP contribution in [0.2, 0.25) is 0 Å². The third kappa shape index (κ3) is 3.17. The van der Waals surface area contributed by atoms with Crippen molar-refractivity contribution in [1.29, 1.82) is 0 Å². The van der Waals surface area contributed by atoms with Gasteiger partial charge in [-0.25, -0.2) is 0 Å². The maximum absolute atomic E-state index is 11.8. The molecule has 0 aromatic rings. The number of rotatable bonds is 4. The lowest BCUT2D eigenvalue weighted by Gasteiger charge is -2.29. The summed E-state index contributed by atoms with van der Waals surface area (Å²) in [6, 6.07) is -0.189. The van der Waals surface area contributed by atoms with E-state index in [9.17, 15) is 14.4 Å². The zero-order chi connectivity index (χ0) is 14.7. The van der Waals surface area contributed by atoms with Gasteiger partial charge in [0.15, 0.2) is 0 Å². The van der Waals surface area contributed by atoms with E-state index in [1.807, 2.05) is 6.92 Å². The fourth-order valence-corrected chi connectivity index (χ4v) is 2.93. The van der Waals surface area contributed by atoms with Crippen molar-refractivity contribution in [1.82, 2.24) is 10.2 Å². The second-order valence-electron chi connectivity index (χ2n) is 5.51. The van der Waals surface area contributed by atoms with Gasteiger partial charge in [-0.2, -0.15) is 0 Å². The van der Waals surface area contributed by atoms with Gasteiger partial charge in [0.1, 0.15) is 0 Å². The molecule has 0 spiro atoms. The van der Waals surface area contributed by atoms with Gasteiger partial charge in [0.2, 0.25) is 11.8 Å². The lowest BCUT2D eigenvalue weighted by molar-refractivity contribution is -0.149. The molecule has 1 unspecified atom stereocenters. The summed E-state index contributed by atoms with van der Waals surface area (Å²) >= 11 is 0. The average molecular weight is 282 g/mol. The molecule has 2 aliphatic rings. The zero-order valence-corrected chi connectivity index (χ0v) is 12.1. The van der Waals surface area contributed by atoms with Crippen LogP contribution >= 0.6 is 0 Å². The molecule has 1 N–H and O–H groups in total. The summed E-state index contributed by atoms with van der Waals surface area (Å²) in [7, 11) is 1.52. The minimum Gasteiger partial charge on any atom is -0.466 e. The van der Waals surface area contributed by atoms with E-state index >= 15 is 0 Å². The van der Waals surface area contributed by atoms with Crippen LogP contribution in [0.3, 0.4) is 0 Å². The maximum Gasteiger partial charge on any atom is 0.308 e. The first-order valence-electron chi connectivity index (χ1n) is 7.26. The number of ether oxygens (including phenoxy) is 1. The van der Waals surface area contributed by atoms with Crippen molar-refractivity contribution in [2.45, 2.75) is 51.1 Å². The number of nitrogens with one attached hydrogen (secondary N) is 1. The van der Waals surface area contributed by atoms with Gasteiger partial charge < -0.3 is 10.1 Å². The van der Waals surface area contributed by atoms with Crippen molar-refractivity contribution in [2.24, 2.45) is 5.92 Å². The highest BCUT2D eigenvalue weighted by Gasteiger charge is 2.38. The Kier molecular flexibility index (Phi) is 4.75. The van der Waals surface area contributed by atoms with Crippen LogP contribution in [-0.4, -0.2) is 48.4 Å². The molecule has 1 aliphatic heterocycles. The molecule has 2 fully saturated rings. The van der Waals surface area contributed by atoms with Gasteiger partial charge >= 0.3 is 5.97 Å². The number of likely N-dealkylation sites (tertiary alicyclic amines) is 1. The second-order valence-corrected chi connectivity index (χ2v) is 5.51. The van der Waals surface area contributed by atoms with Gasteiger partial charge in [-0.15, -0.1) is 0 Å². The minimum atomic E-state index is -0.392. The number of carbonyl (C=O) groups is 3. The number of hydrogen-bond acceptors (Lipinski definition) is 5. The summed E-state index contributed by atoms with van der Waals surface area (Å²) < 4.78 is 5.03. The third-order valence-electron chi connectivity index (χ3n) is 4.17. The van der Waals surface area contributed by atoms with Crippen molar-refractivity contribution in [3.05, 3.63) is 0 Å². The first-order valence-corrected chi connectivity index (χ1v) is 7.26. The number of nitrogens with zero attached hydrogens (tertiary/aromatic N) is 1. The van der Waals surface area contributed by atoms with Crippen molar-refractivity contribution < 1.29 is 19.1 Å². The Hall–Kier alpha value is -1.43. The predicted molar refractivity (Wildman–Crippen MR) is 71.7 cm³/mol. The molecule has 20 heavy (non-hydrogen) atoms. The van der Waals surface area contributed by atoms with E-state index < -0.39 is 6.04 Å². The van der Waals surface area contributed by atoms with E-state index in [4.69, 9.17) is 4.74 Å². The van der Waals surface area contributed by atoms with Crippen LogP contribution in [-0.2, 0) is 19.1 Å². The topological polar surface area (TPSA) is 75.7 Å². The van der Waals surface area contributed by atoms with Gasteiger partial charge in [-0.05, 0) is 32.6 Å². The Labute approximate surface area is 118 Å². The lowest BCUT2D eigenvalue weighted by atomic mass is 9.85. The summed E-state index contributed by atoms with van der Waals surface area (Å²) in [5.41, 5.74) is 0. The van der Waals surface area contributed by atoms with E-state index in [-0.39, 0.29) is 36.2 Å². The molecular formula is C14H22N2O4.